The zero-order valence-electron chi connectivity index (χ0n) is 20.4. The molecule has 0 aromatic heterocycles. The lowest BCUT2D eigenvalue weighted by molar-refractivity contribution is 0.379. The molecular weight excluding hydrogens is 422 g/mol. The molecule has 0 aliphatic rings. The second-order valence-corrected chi connectivity index (χ2v) is 8.61. The number of benzene rings is 1. The average Bonchev–Trinajstić information content (AvgIpc) is 2.71. The van der Waals surface area contributed by atoms with Gasteiger partial charge in [-0.25, -0.2) is 0 Å². The van der Waals surface area contributed by atoms with E-state index in [4.69, 9.17) is 16.1 Å². The molecule has 0 saturated carbocycles. The van der Waals surface area contributed by atoms with Crippen LogP contribution in [0.15, 0.2) is 27.7 Å². The Morgan fingerprint density at radius 1 is 1.14 bits per heavy atom. The second-order valence-electron chi connectivity index (χ2n) is 7.70. The van der Waals surface area contributed by atoms with E-state index in [2.05, 4.69) is 75.7 Å². The normalized spacial score (nSPS) is 13.0. The van der Waals surface area contributed by atoms with Crippen molar-refractivity contribution >= 4 is 27.5 Å². The molecule has 29 heavy (non-hydrogen) atoms. The summed E-state index contributed by atoms with van der Waals surface area (Å²) in [5.74, 6) is 1.68. The van der Waals surface area contributed by atoms with Crippen molar-refractivity contribution in [3.63, 3.8) is 0 Å². The van der Waals surface area contributed by atoms with E-state index in [-0.39, 0.29) is 6.04 Å². The predicted octanol–water partition coefficient (Wildman–Crippen LogP) is 8.49. The summed E-state index contributed by atoms with van der Waals surface area (Å²) >= 11 is 3.56. The van der Waals surface area contributed by atoms with Crippen LogP contribution in [-0.2, 0) is 0 Å². The Morgan fingerprint density at radius 3 is 2.10 bits per heavy atom. The van der Waals surface area contributed by atoms with Gasteiger partial charge in [-0.2, -0.15) is 0 Å². The first-order valence-electron chi connectivity index (χ1n) is 11.3. The zero-order valence-corrected chi connectivity index (χ0v) is 22.0. The van der Waals surface area contributed by atoms with Crippen LogP contribution in [0.5, 0.6) is 0 Å². The molecule has 3 N–H and O–H groups in total. The summed E-state index contributed by atoms with van der Waals surface area (Å²) in [5.41, 5.74) is 8.75. The van der Waals surface area contributed by atoms with Gasteiger partial charge in [-0.3, -0.25) is 4.99 Å². The van der Waals surface area contributed by atoms with Gasteiger partial charge in [-0.1, -0.05) is 96.1 Å². The molecule has 168 valence electrons. The van der Waals surface area contributed by atoms with Gasteiger partial charge in [0.05, 0.1) is 11.8 Å². The van der Waals surface area contributed by atoms with Crippen molar-refractivity contribution in [1.29, 1.82) is 5.41 Å². The van der Waals surface area contributed by atoms with Crippen molar-refractivity contribution in [3.05, 3.63) is 33.8 Å². The Labute approximate surface area is 189 Å². The number of nitrogens with zero attached hydrogens (tertiary/aromatic N) is 1. The number of hydrogen-bond acceptors (Lipinski definition) is 2. The van der Waals surface area contributed by atoms with Crippen LogP contribution in [0, 0.1) is 24.2 Å². The molecule has 4 heteroatoms. The van der Waals surface area contributed by atoms with Crippen LogP contribution >= 0.6 is 15.9 Å². The average molecular weight is 469 g/mol. The fourth-order valence-electron chi connectivity index (χ4n) is 2.66. The van der Waals surface area contributed by atoms with Gasteiger partial charge in [0.1, 0.15) is 5.84 Å². The van der Waals surface area contributed by atoms with E-state index >= 15 is 0 Å². The van der Waals surface area contributed by atoms with Crippen molar-refractivity contribution in [2.45, 2.75) is 100 Å². The van der Waals surface area contributed by atoms with Gasteiger partial charge in [-0.05, 0) is 55.4 Å². The Hall–Kier alpha value is -1.16. The Bertz CT molecular complexity index is 594. The first-order valence-corrected chi connectivity index (χ1v) is 12.1. The van der Waals surface area contributed by atoms with Gasteiger partial charge in [0.15, 0.2) is 0 Å². The van der Waals surface area contributed by atoms with Gasteiger partial charge in [0.25, 0.3) is 0 Å². The standard InChI is InChI=1S/C18H28BrN3.C5H12.C2H6/c1-5-7-8-14(6-2)17(22-18(21)13(4)20)16-11-15(19)10-9-12(16)3;1-4-5(2)3;1-2/h9-11,14,17,20H,5-8H2,1-4H3,(H2,21,22);5H,4H2,1-3H3;1-2H3. The summed E-state index contributed by atoms with van der Waals surface area (Å²) in [4.78, 5) is 4.72. The van der Waals surface area contributed by atoms with E-state index in [1.54, 1.807) is 6.92 Å². The van der Waals surface area contributed by atoms with E-state index in [0.717, 1.165) is 23.2 Å². The highest BCUT2D eigenvalue weighted by Gasteiger charge is 2.23. The number of nitrogens with one attached hydrogen (secondary N) is 1. The maximum atomic E-state index is 7.72. The molecule has 3 nitrogen and oxygen atoms in total. The van der Waals surface area contributed by atoms with Crippen LogP contribution < -0.4 is 5.73 Å². The minimum atomic E-state index is 0.0225. The predicted molar refractivity (Wildman–Crippen MR) is 136 cm³/mol. The quantitative estimate of drug-likeness (QED) is 0.277. The molecule has 2 atom stereocenters. The van der Waals surface area contributed by atoms with Crippen LogP contribution in [0.1, 0.15) is 105 Å². The number of unbranched alkanes of at least 4 members (excludes halogenated alkanes) is 1. The summed E-state index contributed by atoms with van der Waals surface area (Å²) in [7, 11) is 0. The number of nitrogens with two attached hydrogens (primary N) is 1. The third kappa shape index (κ3) is 12.9. The lowest BCUT2D eigenvalue weighted by Gasteiger charge is -2.25. The number of hydrogen-bond donors (Lipinski definition) is 2. The Kier molecular flexibility index (Phi) is 18.3. The minimum Gasteiger partial charge on any atom is -0.382 e. The molecule has 0 saturated heterocycles. The molecule has 0 amide bonds. The van der Waals surface area contributed by atoms with E-state index in [1.165, 1.54) is 30.4 Å². The highest BCUT2D eigenvalue weighted by Crippen LogP contribution is 2.35. The first-order chi connectivity index (χ1) is 13.7. The molecule has 0 bridgehead atoms. The first kappa shape index (κ1) is 30.0. The van der Waals surface area contributed by atoms with E-state index in [1.807, 2.05) is 13.8 Å². The minimum absolute atomic E-state index is 0.0225. The van der Waals surface area contributed by atoms with Crippen molar-refractivity contribution in [3.8, 4) is 0 Å². The van der Waals surface area contributed by atoms with Crippen LogP contribution in [-0.4, -0.2) is 11.5 Å². The van der Waals surface area contributed by atoms with Gasteiger partial charge in [0, 0.05) is 4.47 Å². The molecule has 1 aromatic rings. The number of rotatable bonds is 9. The second kappa shape index (κ2) is 17.7. The molecule has 0 spiro atoms. The highest BCUT2D eigenvalue weighted by molar-refractivity contribution is 9.10. The third-order valence-corrected chi connectivity index (χ3v) is 5.43. The van der Waals surface area contributed by atoms with Gasteiger partial charge >= 0.3 is 0 Å². The SMILES string of the molecule is CC.CCC(C)C.CCCCC(CC)C(N=C(N)C(C)=N)c1cc(Br)ccc1C. The molecule has 0 heterocycles. The van der Waals surface area contributed by atoms with Gasteiger partial charge < -0.3 is 11.1 Å². The smallest absolute Gasteiger partial charge is 0.139 e. The molecule has 0 aliphatic carbocycles. The molecule has 1 aromatic carbocycles. The van der Waals surface area contributed by atoms with E-state index in [9.17, 15) is 0 Å². The van der Waals surface area contributed by atoms with Crippen molar-refractivity contribution in [2.24, 2.45) is 22.6 Å². The topological polar surface area (TPSA) is 62.2 Å². The summed E-state index contributed by atoms with van der Waals surface area (Å²) in [6.45, 7) is 18.9. The van der Waals surface area contributed by atoms with E-state index < -0.39 is 0 Å². The summed E-state index contributed by atoms with van der Waals surface area (Å²) in [6.07, 6.45) is 5.88. The lowest BCUT2D eigenvalue weighted by Crippen LogP contribution is -2.24. The maximum absolute atomic E-state index is 7.72. The largest absolute Gasteiger partial charge is 0.382 e. The number of aryl methyl sites for hydroxylation is 1. The van der Waals surface area contributed by atoms with Crippen LogP contribution in [0.3, 0.4) is 0 Å². The van der Waals surface area contributed by atoms with Gasteiger partial charge in [-0.15, -0.1) is 0 Å². The molecular formula is C25H46BrN3. The number of amidine groups is 1. The van der Waals surface area contributed by atoms with Crippen molar-refractivity contribution in [2.75, 3.05) is 0 Å². The summed E-state index contributed by atoms with van der Waals surface area (Å²) in [6, 6.07) is 6.33. The lowest BCUT2D eigenvalue weighted by atomic mass is 9.85. The fraction of sp³-hybridized carbons (Fsp3) is 0.680. The van der Waals surface area contributed by atoms with E-state index in [0.29, 0.717) is 17.5 Å². The number of aliphatic imine (C=N–C) groups is 1. The third-order valence-electron chi connectivity index (χ3n) is 4.94. The maximum Gasteiger partial charge on any atom is 0.139 e. The molecule has 0 fully saturated rings. The molecule has 1 rings (SSSR count). The highest BCUT2D eigenvalue weighted by atomic mass is 79.9. The number of halogens is 1. The zero-order chi connectivity index (χ0) is 23.0. The monoisotopic (exact) mass is 467 g/mol. The van der Waals surface area contributed by atoms with Crippen LogP contribution in [0.2, 0.25) is 0 Å². The van der Waals surface area contributed by atoms with Crippen molar-refractivity contribution in [1.82, 2.24) is 0 Å². The summed E-state index contributed by atoms with van der Waals surface area (Å²) in [5, 5.41) is 7.72. The molecule has 0 aliphatic heterocycles. The fourth-order valence-corrected chi connectivity index (χ4v) is 3.04. The molecule has 2 unspecified atom stereocenters. The Balaban J connectivity index is 0. The summed E-state index contributed by atoms with van der Waals surface area (Å²) < 4.78 is 1.06. The van der Waals surface area contributed by atoms with Crippen molar-refractivity contribution < 1.29 is 0 Å². The molecule has 0 radical (unpaired) electrons. The Morgan fingerprint density at radius 2 is 1.69 bits per heavy atom. The van der Waals surface area contributed by atoms with Crippen LogP contribution in [0.25, 0.3) is 0 Å². The van der Waals surface area contributed by atoms with Crippen LogP contribution in [0.4, 0.5) is 0 Å². The van der Waals surface area contributed by atoms with Gasteiger partial charge in [0.2, 0.25) is 0 Å².